The van der Waals surface area contributed by atoms with Crippen LogP contribution < -0.4 is 5.73 Å². The highest BCUT2D eigenvalue weighted by Gasteiger charge is 2.30. The zero-order valence-electron chi connectivity index (χ0n) is 12.3. The van der Waals surface area contributed by atoms with Crippen LogP contribution in [0.25, 0.3) is 0 Å². The van der Waals surface area contributed by atoms with Crippen LogP contribution in [-0.2, 0) is 13.0 Å². The van der Waals surface area contributed by atoms with Gasteiger partial charge in [-0.15, -0.1) is 11.3 Å². The van der Waals surface area contributed by atoms with Crippen molar-refractivity contribution >= 4 is 11.3 Å². The number of benzene rings is 1. The number of nitrogens with zero attached hydrogens (tertiary/aromatic N) is 1. The second kappa shape index (κ2) is 6.26. The first kappa shape index (κ1) is 14.7. The van der Waals surface area contributed by atoms with Crippen molar-refractivity contribution < 1.29 is 4.39 Å². The Kier molecular flexibility index (Phi) is 4.38. The fourth-order valence-electron chi connectivity index (χ4n) is 3.14. The van der Waals surface area contributed by atoms with Crippen LogP contribution >= 0.6 is 11.3 Å². The maximum absolute atomic E-state index is 14.2. The highest BCUT2D eigenvalue weighted by Crippen LogP contribution is 2.33. The van der Waals surface area contributed by atoms with Gasteiger partial charge in [0.15, 0.2) is 0 Å². The van der Waals surface area contributed by atoms with E-state index >= 15 is 0 Å². The predicted molar refractivity (Wildman–Crippen MR) is 85.8 cm³/mol. The minimum atomic E-state index is -0.150. The van der Waals surface area contributed by atoms with Crippen LogP contribution in [0.15, 0.2) is 35.7 Å². The van der Waals surface area contributed by atoms with Crippen LogP contribution in [0.3, 0.4) is 0 Å². The minimum absolute atomic E-state index is 0.0516. The van der Waals surface area contributed by atoms with Gasteiger partial charge in [0.25, 0.3) is 0 Å². The summed E-state index contributed by atoms with van der Waals surface area (Å²) < 4.78 is 14.2. The summed E-state index contributed by atoms with van der Waals surface area (Å²) in [5.41, 5.74) is 8.44. The molecule has 0 saturated heterocycles. The number of fused-ring (bicyclic) bond motifs is 1. The Morgan fingerprint density at radius 2 is 2.14 bits per heavy atom. The number of halogens is 1. The summed E-state index contributed by atoms with van der Waals surface area (Å²) in [5, 5.41) is 2.14. The summed E-state index contributed by atoms with van der Waals surface area (Å²) in [6, 6.07) is 9.12. The molecule has 2 atom stereocenters. The van der Waals surface area contributed by atoms with Crippen molar-refractivity contribution in [2.24, 2.45) is 5.73 Å². The van der Waals surface area contributed by atoms with Gasteiger partial charge in [0.05, 0.1) is 6.04 Å². The average Bonchev–Trinajstić information content (AvgIpc) is 2.97. The largest absolute Gasteiger partial charge is 0.326 e. The maximum Gasteiger partial charge on any atom is 0.128 e. The van der Waals surface area contributed by atoms with Gasteiger partial charge < -0.3 is 5.73 Å². The van der Waals surface area contributed by atoms with Crippen LogP contribution in [0, 0.1) is 5.82 Å². The number of thiophene rings is 1. The lowest BCUT2D eigenvalue weighted by Gasteiger charge is -2.38. The van der Waals surface area contributed by atoms with E-state index in [9.17, 15) is 4.39 Å². The molecule has 0 fully saturated rings. The molecule has 1 aliphatic rings. The van der Waals surface area contributed by atoms with Gasteiger partial charge in [0.2, 0.25) is 0 Å². The van der Waals surface area contributed by atoms with E-state index in [1.807, 2.05) is 23.5 Å². The monoisotopic (exact) mass is 304 g/mol. The summed E-state index contributed by atoms with van der Waals surface area (Å²) in [7, 11) is 0. The Balaban J connectivity index is 1.92. The molecular weight excluding hydrogens is 283 g/mol. The van der Waals surface area contributed by atoms with Crippen molar-refractivity contribution in [3.63, 3.8) is 0 Å². The van der Waals surface area contributed by atoms with Crippen molar-refractivity contribution in [2.75, 3.05) is 6.54 Å². The third-order valence-electron chi connectivity index (χ3n) is 4.33. The number of rotatable bonds is 4. The average molecular weight is 304 g/mol. The summed E-state index contributed by atoms with van der Waals surface area (Å²) in [6.07, 6.45) is 1.88. The molecule has 0 saturated carbocycles. The van der Waals surface area contributed by atoms with Crippen LogP contribution in [-0.4, -0.2) is 17.5 Å². The molecule has 1 aliphatic heterocycles. The Hall–Kier alpha value is -1.23. The molecule has 0 spiro atoms. The molecule has 2 heterocycles. The normalized spacial score (nSPS) is 18.2. The van der Waals surface area contributed by atoms with Gasteiger partial charge >= 0.3 is 0 Å². The van der Waals surface area contributed by atoms with Crippen molar-refractivity contribution in [1.82, 2.24) is 4.90 Å². The molecule has 112 valence electrons. The molecule has 3 rings (SSSR count). The summed E-state index contributed by atoms with van der Waals surface area (Å²) >= 11 is 1.82. The van der Waals surface area contributed by atoms with Crippen molar-refractivity contribution in [3.05, 3.63) is 57.5 Å². The fourth-order valence-corrected chi connectivity index (χ4v) is 4.03. The highest BCUT2D eigenvalue weighted by molar-refractivity contribution is 7.10. The molecule has 1 aromatic carbocycles. The molecule has 2 nitrogen and oxygen atoms in total. The van der Waals surface area contributed by atoms with Gasteiger partial charge in [-0.3, -0.25) is 4.90 Å². The molecule has 2 unspecified atom stereocenters. The Morgan fingerprint density at radius 3 is 2.90 bits per heavy atom. The van der Waals surface area contributed by atoms with E-state index in [1.165, 1.54) is 16.5 Å². The zero-order valence-corrected chi connectivity index (χ0v) is 13.1. The fraction of sp³-hybridized carbons (Fsp3) is 0.412. The molecule has 2 aromatic rings. The molecule has 0 radical (unpaired) electrons. The van der Waals surface area contributed by atoms with Crippen molar-refractivity contribution in [1.29, 1.82) is 0 Å². The zero-order chi connectivity index (χ0) is 14.8. The summed E-state index contributed by atoms with van der Waals surface area (Å²) in [5.74, 6) is -0.150. The SMILES string of the molecule is CCC(N)C(c1ccccc1F)N1CCc2sccc2C1. The predicted octanol–water partition coefficient (Wildman–Crippen LogP) is 3.72. The van der Waals surface area contributed by atoms with Crippen LogP contribution in [0.2, 0.25) is 0 Å². The number of hydrogen-bond donors (Lipinski definition) is 1. The highest BCUT2D eigenvalue weighted by atomic mass is 32.1. The number of hydrogen-bond acceptors (Lipinski definition) is 3. The first-order valence-electron chi connectivity index (χ1n) is 7.50. The molecule has 0 amide bonds. The van der Waals surface area contributed by atoms with E-state index in [0.717, 1.165) is 31.5 Å². The molecule has 21 heavy (non-hydrogen) atoms. The molecule has 0 aliphatic carbocycles. The van der Waals surface area contributed by atoms with Gasteiger partial charge in [-0.25, -0.2) is 4.39 Å². The van der Waals surface area contributed by atoms with E-state index in [2.05, 4.69) is 23.3 Å². The van der Waals surface area contributed by atoms with E-state index in [0.29, 0.717) is 0 Å². The van der Waals surface area contributed by atoms with Crippen molar-refractivity contribution in [2.45, 2.75) is 38.4 Å². The molecule has 1 aromatic heterocycles. The second-order valence-electron chi connectivity index (χ2n) is 5.63. The van der Waals surface area contributed by atoms with Gasteiger partial charge in [0.1, 0.15) is 5.82 Å². The lowest BCUT2D eigenvalue weighted by Crippen LogP contribution is -2.43. The topological polar surface area (TPSA) is 29.3 Å². The lowest BCUT2D eigenvalue weighted by atomic mass is 9.93. The standard InChI is InChI=1S/C17H21FN2S/c1-2-15(19)17(13-5-3-4-6-14(13)18)20-9-7-16-12(11-20)8-10-21-16/h3-6,8,10,15,17H,2,7,9,11,19H2,1H3. The lowest BCUT2D eigenvalue weighted by molar-refractivity contribution is 0.150. The molecular formula is C17H21FN2S. The van der Waals surface area contributed by atoms with Gasteiger partial charge in [0, 0.05) is 29.6 Å². The Morgan fingerprint density at radius 1 is 1.33 bits per heavy atom. The maximum atomic E-state index is 14.2. The third kappa shape index (κ3) is 2.89. The smallest absolute Gasteiger partial charge is 0.128 e. The third-order valence-corrected chi connectivity index (χ3v) is 5.35. The first-order chi connectivity index (χ1) is 10.2. The van der Waals surface area contributed by atoms with Crippen LogP contribution in [0.1, 0.15) is 35.4 Å². The minimum Gasteiger partial charge on any atom is -0.326 e. The van der Waals surface area contributed by atoms with E-state index in [4.69, 9.17) is 5.73 Å². The van der Waals surface area contributed by atoms with E-state index in [-0.39, 0.29) is 17.9 Å². The Bertz CT molecular complexity index is 610. The quantitative estimate of drug-likeness (QED) is 0.932. The molecule has 2 N–H and O–H groups in total. The number of nitrogens with two attached hydrogens (primary N) is 1. The van der Waals surface area contributed by atoms with Gasteiger partial charge in [-0.05, 0) is 35.9 Å². The summed E-state index contributed by atoms with van der Waals surface area (Å²) in [4.78, 5) is 3.80. The van der Waals surface area contributed by atoms with Crippen molar-refractivity contribution in [3.8, 4) is 0 Å². The van der Waals surface area contributed by atoms with Gasteiger partial charge in [-0.1, -0.05) is 25.1 Å². The molecule has 4 heteroatoms. The van der Waals surface area contributed by atoms with Gasteiger partial charge in [-0.2, -0.15) is 0 Å². The van der Waals surface area contributed by atoms with E-state index < -0.39 is 0 Å². The Labute approximate surface area is 129 Å². The van der Waals surface area contributed by atoms with E-state index in [1.54, 1.807) is 6.07 Å². The summed E-state index contributed by atoms with van der Waals surface area (Å²) in [6.45, 7) is 3.88. The van der Waals surface area contributed by atoms with Crippen LogP contribution in [0.5, 0.6) is 0 Å². The van der Waals surface area contributed by atoms with Crippen LogP contribution in [0.4, 0.5) is 4.39 Å². The second-order valence-corrected chi connectivity index (χ2v) is 6.63. The first-order valence-corrected chi connectivity index (χ1v) is 8.38. The molecule has 0 bridgehead atoms.